The molecule has 1 rings (SSSR count). The van der Waals surface area contributed by atoms with Gasteiger partial charge in [-0.2, -0.15) is 0 Å². The number of esters is 1. The van der Waals surface area contributed by atoms with Crippen molar-refractivity contribution in [3.63, 3.8) is 0 Å². The zero-order valence-corrected chi connectivity index (χ0v) is 18.2. The van der Waals surface area contributed by atoms with Crippen LogP contribution in [-0.2, 0) is 9.53 Å². The highest BCUT2D eigenvalue weighted by molar-refractivity contribution is 14.1. The average molecular weight is 490 g/mol. The summed E-state index contributed by atoms with van der Waals surface area (Å²) in [6.45, 7) is 5.79. The average Bonchev–Trinajstić information content (AvgIpc) is 2.62. The van der Waals surface area contributed by atoms with Crippen LogP contribution in [0.2, 0.25) is 0 Å². The van der Waals surface area contributed by atoms with Crippen molar-refractivity contribution in [1.29, 1.82) is 0 Å². The van der Waals surface area contributed by atoms with Gasteiger partial charge in [0, 0.05) is 12.8 Å². The van der Waals surface area contributed by atoms with Crippen LogP contribution < -0.4 is 4.74 Å². The Morgan fingerprint density at radius 1 is 1.33 bits per heavy atom. The standard InChI is InChI=1S/C20H27IO6/c1-5-27-20(25)17(23)10-13(12(2)3)7-6-8-16(22)14-9-15(21)19(24)18(11-14)26-4/h6,9,11-12,16-17,22-24H,5,8,10H2,1-4H3/t7?,16-,17-/m1/s1. The lowest BCUT2D eigenvalue weighted by Gasteiger charge is -2.14. The summed E-state index contributed by atoms with van der Waals surface area (Å²) in [7, 11) is 1.45. The molecule has 0 saturated carbocycles. The van der Waals surface area contributed by atoms with Gasteiger partial charge in [0.2, 0.25) is 0 Å². The van der Waals surface area contributed by atoms with E-state index in [0.29, 0.717) is 14.9 Å². The smallest absolute Gasteiger partial charge is 0.335 e. The van der Waals surface area contributed by atoms with Gasteiger partial charge in [-0.25, -0.2) is 4.79 Å². The lowest BCUT2D eigenvalue weighted by molar-refractivity contribution is -0.152. The van der Waals surface area contributed by atoms with E-state index in [-0.39, 0.29) is 31.1 Å². The second kappa shape index (κ2) is 11.3. The number of rotatable bonds is 9. The van der Waals surface area contributed by atoms with Crippen molar-refractivity contribution in [1.82, 2.24) is 0 Å². The van der Waals surface area contributed by atoms with Gasteiger partial charge in [-0.05, 0) is 64.8 Å². The maximum absolute atomic E-state index is 11.6. The zero-order chi connectivity index (χ0) is 20.6. The first-order chi connectivity index (χ1) is 12.7. The lowest BCUT2D eigenvalue weighted by Crippen LogP contribution is -2.24. The van der Waals surface area contributed by atoms with Gasteiger partial charge in [-0.1, -0.05) is 13.8 Å². The third-order valence-electron chi connectivity index (χ3n) is 3.95. The van der Waals surface area contributed by atoms with E-state index in [1.807, 2.05) is 36.4 Å². The number of carbonyl (C=O) groups is 1. The van der Waals surface area contributed by atoms with E-state index < -0.39 is 18.2 Å². The Bertz CT molecular complexity index is 707. The Labute approximate surface area is 173 Å². The molecule has 150 valence electrons. The summed E-state index contributed by atoms with van der Waals surface area (Å²) in [5.41, 5.74) is 4.46. The topological polar surface area (TPSA) is 96.2 Å². The van der Waals surface area contributed by atoms with Gasteiger partial charge < -0.3 is 24.8 Å². The molecule has 0 bridgehead atoms. The molecule has 0 heterocycles. The first kappa shape index (κ1) is 23.5. The van der Waals surface area contributed by atoms with Gasteiger partial charge >= 0.3 is 5.97 Å². The van der Waals surface area contributed by atoms with Crippen molar-refractivity contribution in [2.75, 3.05) is 13.7 Å². The van der Waals surface area contributed by atoms with E-state index in [4.69, 9.17) is 9.47 Å². The second-order valence-electron chi connectivity index (χ2n) is 6.31. The van der Waals surface area contributed by atoms with E-state index in [9.17, 15) is 20.1 Å². The van der Waals surface area contributed by atoms with Crippen LogP contribution >= 0.6 is 22.6 Å². The van der Waals surface area contributed by atoms with Crippen LogP contribution in [0.15, 0.2) is 29.5 Å². The number of carbonyl (C=O) groups excluding carboxylic acids is 1. The molecule has 2 atom stereocenters. The van der Waals surface area contributed by atoms with E-state index in [0.717, 1.165) is 5.57 Å². The molecule has 0 radical (unpaired) electrons. The summed E-state index contributed by atoms with van der Waals surface area (Å²) in [5, 5.41) is 30.2. The fourth-order valence-electron chi connectivity index (χ4n) is 2.37. The fraction of sp³-hybridized carbons (Fsp3) is 0.500. The molecule has 0 saturated heterocycles. The van der Waals surface area contributed by atoms with Crippen LogP contribution in [0.25, 0.3) is 0 Å². The summed E-state index contributed by atoms with van der Waals surface area (Å²) in [6, 6.07) is 3.28. The largest absolute Gasteiger partial charge is 0.504 e. The summed E-state index contributed by atoms with van der Waals surface area (Å²) in [6.07, 6.45) is 0.0772. The minimum Gasteiger partial charge on any atom is -0.504 e. The molecule has 0 aliphatic heterocycles. The first-order valence-corrected chi connectivity index (χ1v) is 9.82. The molecule has 6 nitrogen and oxygen atoms in total. The summed E-state index contributed by atoms with van der Waals surface area (Å²) >= 11 is 1.97. The first-order valence-electron chi connectivity index (χ1n) is 8.74. The number of halogens is 1. The fourth-order valence-corrected chi connectivity index (χ4v) is 3.00. The third-order valence-corrected chi connectivity index (χ3v) is 4.78. The van der Waals surface area contributed by atoms with Crippen molar-refractivity contribution >= 4 is 28.6 Å². The highest BCUT2D eigenvalue weighted by Crippen LogP contribution is 2.35. The van der Waals surface area contributed by atoms with Gasteiger partial charge in [-0.15, -0.1) is 5.73 Å². The second-order valence-corrected chi connectivity index (χ2v) is 7.47. The van der Waals surface area contributed by atoms with Crippen LogP contribution in [0.5, 0.6) is 11.5 Å². The lowest BCUT2D eigenvalue weighted by atomic mass is 9.97. The molecule has 3 N–H and O–H groups in total. The summed E-state index contributed by atoms with van der Waals surface area (Å²) < 4.78 is 10.5. The van der Waals surface area contributed by atoms with E-state index in [1.54, 1.807) is 25.1 Å². The number of phenolic OH excluding ortho intramolecular Hbond substituents is 1. The van der Waals surface area contributed by atoms with Gasteiger partial charge in [0.05, 0.1) is 23.4 Å². The SMILES string of the molecule is CCOC(=O)[C@H](O)CC(=C=CC[C@@H](O)c1cc(I)c(O)c(OC)c1)C(C)C. The van der Waals surface area contributed by atoms with E-state index >= 15 is 0 Å². The molecule has 0 spiro atoms. The Balaban J connectivity index is 2.91. The van der Waals surface area contributed by atoms with Crippen molar-refractivity contribution < 1.29 is 29.6 Å². The molecule has 27 heavy (non-hydrogen) atoms. The molecular formula is C20H27IO6. The van der Waals surface area contributed by atoms with Crippen molar-refractivity contribution in [3.8, 4) is 11.5 Å². The Morgan fingerprint density at radius 2 is 2.00 bits per heavy atom. The molecular weight excluding hydrogens is 463 g/mol. The van der Waals surface area contributed by atoms with E-state index in [1.165, 1.54) is 7.11 Å². The number of hydrogen-bond acceptors (Lipinski definition) is 6. The molecule has 7 heteroatoms. The predicted octanol–water partition coefficient (Wildman–Crippen LogP) is 3.48. The molecule has 0 aliphatic carbocycles. The monoisotopic (exact) mass is 490 g/mol. The number of hydrogen-bond donors (Lipinski definition) is 3. The predicted molar refractivity (Wildman–Crippen MR) is 111 cm³/mol. The molecule has 0 aliphatic rings. The molecule has 0 unspecified atom stereocenters. The molecule has 0 fully saturated rings. The maximum Gasteiger partial charge on any atom is 0.335 e. The molecule has 0 amide bonds. The van der Waals surface area contributed by atoms with Crippen molar-refractivity contribution in [3.05, 3.63) is 38.6 Å². The van der Waals surface area contributed by atoms with Crippen LogP contribution in [0.1, 0.15) is 45.3 Å². The number of aliphatic hydroxyl groups is 2. The number of ether oxygens (including phenoxy) is 2. The Kier molecular flexibility index (Phi) is 9.87. The Hall–Kier alpha value is -1.54. The summed E-state index contributed by atoms with van der Waals surface area (Å²) in [4.78, 5) is 11.6. The number of methoxy groups -OCH3 is 1. The number of benzene rings is 1. The third kappa shape index (κ3) is 7.18. The quantitative estimate of drug-likeness (QED) is 0.279. The van der Waals surface area contributed by atoms with Crippen LogP contribution in [0, 0.1) is 9.49 Å². The summed E-state index contributed by atoms with van der Waals surface area (Å²) in [5.74, 6) is -0.226. The van der Waals surface area contributed by atoms with Crippen molar-refractivity contribution in [2.24, 2.45) is 5.92 Å². The van der Waals surface area contributed by atoms with E-state index in [2.05, 4.69) is 5.73 Å². The normalized spacial score (nSPS) is 12.9. The highest BCUT2D eigenvalue weighted by atomic mass is 127. The zero-order valence-electron chi connectivity index (χ0n) is 16.0. The maximum atomic E-state index is 11.6. The molecule has 1 aromatic rings. The minimum atomic E-state index is -1.23. The number of aliphatic hydroxyl groups excluding tert-OH is 2. The van der Waals surface area contributed by atoms with Crippen LogP contribution in [-0.4, -0.2) is 41.1 Å². The number of phenols is 1. The highest BCUT2D eigenvalue weighted by Gasteiger charge is 2.19. The molecule has 0 aromatic heterocycles. The van der Waals surface area contributed by atoms with Crippen molar-refractivity contribution in [2.45, 2.75) is 45.8 Å². The van der Waals surface area contributed by atoms with Crippen LogP contribution in [0.4, 0.5) is 0 Å². The van der Waals surface area contributed by atoms with Gasteiger partial charge in [0.25, 0.3) is 0 Å². The minimum absolute atomic E-state index is 0.0412. The van der Waals surface area contributed by atoms with Gasteiger partial charge in [-0.3, -0.25) is 0 Å². The molecule has 1 aromatic carbocycles. The van der Waals surface area contributed by atoms with Gasteiger partial charge in [0.15, 0.2) is 17.6 Å². The number of aromatic hydroxyl groups is 1. The van der Waals surface area contributed by atoms with Crippen LogP contribution in [0.3, 0.4) is 0 Å². The van der Waals surface area contributed by atoms with Gasteiger partial charge in [0.1, 0.15) is 0 Å². The Morgan fingerprint density at radius 3 is 2.56 bits per heavy atom.